The molecule has 0 fully saturated rings. The molecule has 0 heterocycles. The molecule has 0 amide bonds. The van der Waals surface area contributed by atoms with Gasteiger partial charge in [-0.15, -0.1) is 6.58 Å². The molecule has 0 saturated carbocycles. The average molecular weight is 554 g/mol. The fourth-order valence-corrected chi connectivity index (χ4v) is 6.49. The second-order valence-electron chi connectivity index (χ2n) is 8.45. The van der Waals surface area contributed by atoms with Gasteiger partial charge >= 0.3 is 0 Å². The molecule has 2 rings (SSSR count). The predicted octanol–water partition coefficient (Wildman–Crippen LogP) is 1.79. The summed E-state index contributed by atoms with van der Waals surface area (Å²) in [6.07, 6.45) is 0.281. The first-order valence-corrected chi connectivity index (χ1v) is 14.1. The first-order valence-electron chi connectivity index (χ1n) is 11.2. The number of sulfonamides is 2. The number of hydrogen-bond donors (Lipinski definition) is 4. The van der Waals surface area contributed by atoms with Crippen LogP contribution in [0.3, 0.4) is 0 Å². The molecule has 0 aromatic heterocycles. The molecule has 0 aliphatic carbocycles. The van der Waals surface area contributed by atoms with Gasteiger partial charge in [-0.2, -0.15) is 0 Å². The van der Waals surface area contributed by atoms with E-state index in [2.05, 4.69) is 21.0 Å². The molecule has 12 nitrogen and oxygen atoms in total. The van der Waals surface area contributed by atoms with Crippen molar-refractivity contribution in [3.63, 3.8) is 0 Å². The average Bonchev–Trinajstić information content (AvgIpc) is 2.79. The Labute approximate surface area is 216 Å². The van der Waals surface area contributed by atoms with Crippen molar-refractivity contribution < 1.29 is 26.9 Å². The second kappa shape index (κ2) is 12.3. The maximum atomic E-state index is 12.8. The third-order valence-corrected chi connectivity index (χ3v) is 8.55. The second-order valence-corrected chi connectivity index (χ2v) is 11.8. The zero-order chi connectivity index (χ0) is 28.0. The molecule has 202 valence electrons. The van der Waals surface area contributed by atoms with Gasteiger partial charge < -0.3 is 10.8 Å². The Morgan fingerprint density at radius 1 is 1.14 bits per heavy atom. The normalized spacial score (nSPS) is 14.1. The van der Waals surface area contributed by atoms with Crippen LogP contribution in [0, 0.1) is 30.9 Å². The molecule has 0 radical (unpaired) electrons. The lowest BCUT2D eigenvalue weighted by Gasteiger charge is -2.21. The minimum absolute atomic E-state index is 0.0415. The molecule has 0 aliphatic heterocycles. The first-order chi connectivity index (χ1) is 17.2. The molecule has 0 saturated heterocycles. The molecular weight excluding hydrogens is 522 g/mol. The Morgan fingerprint density at radius 2 is 1.70 bits per heavy atom. The van der Waals surface area contributed by atoms with Gasteiger partial charge in [0, 0.05) is 18.7 Å². The van der Waals surface area contributed by atoms with Crippen LogP contribution in [0.2, 0.25) is 0 Å². The van der Waals surface area contributed by atoms with E-state index in [1.54, 1.807) is 26.0 Å². The number of nitrogens with one attached hydrogen (secondary N) is 2. The Bertz CT molecular complexity index is 1370. The van der Waals surface area contributed by atoms with Gasteiger partial charge in [-0.25, -0.2) is 26.3 Å². The van der Waals surface area contributed by atoms with Crippen LogP contribution in [0.5, 0.6) is 0 Å². The predicted molar refractivity (Wildman–Crippen MR) is 140 cm³/mol. The Kier molecular flexibility index (Phi) is 9.92. The number of nitro groups is 1. The maximum Gasteiger partial charge on any atom is 0.269 e. The summed E-state index contributed by atoms with van der Waals surface area (Å²) >= 11 is 0. The van der Waals surface area contributed by atoms with Crippen LogP contribution in [0.25, 0.3) is 0 Å². The largest absolute Gasteiger partial charge is 0.387 e. The van der Waals surface area contributed by atoms with Crippen molar-refractivity contribution in [3.8, 4) is 0 Å². The van der Waals surface area contributed by atoms with Crippen LogP contribution in [0.4, 0.5) is 5.69 Å². The minimum atomic E-state index is -4.11. The van der Waals surface area contributed by atoms with Gasteiger partial charge in [-0.1, -0.05) is 23.8 Å². The van der Waals surface area contributed by atoms with E-state index in [0.29, 0.717) is 11.1 Å². The summed E-state index contributed by atoms with van der Waals surface area (Å²) in [5.74, 6) is -0.327. The number of guanidine groups is 1. The molecule has 37 heavy (non-hydrogen) atoms. The van der Waals surface area contributed by atoms with E-state index in [0.717, 1.165) is 29.8 Å². The number of aliphatic hydroxyl groups excluding tert-OH is 1. The number of aryl methyl sites for hydroxylation is 3. The topological polar surface area (TPSA) is 194 Å². The fraction of sp³-hybridized carbons (Fsp3) is 0.348. The van der Waals surface area contributed by atoms with Gasteiger partial charge in [0.1, 0.15) is 0 Å². The Balaban J connectivity index is 2.05. The summed E-state index contributed by atoms with van der Waals surface area (Å²) in [5.41, 5.74) is 7.58. The summed E-state index contributed by atoms with van der Waals surface area (Å²) in [4.78, 5) is 14.1. The van der Waals surface area contributed by atoms with Crippen molar-refractivity contribution in [2.45, 2.75) is 55.5 Å². The van der Waals surface area contributed by atoms with E-state index < -0.39 is 37.1 Å². The summed E-state index contributed by atoms with van der Waals surface area (Å²) in [5, 5.41) is 21.0. The summed E-state index contributed by atoms with van der Waals surface area (Å²) < 4.78 is 55.6. The van der Waals surface area contributed by atoms with E-state index in [1.165, 1.54) is 6.08 Å². The highest BCUT2D eigenvalue weighted by atomic mass is 32.2. The molecule has 5 N–H and O–H groups in total. The third kappa shape index (κ3) is 8.08. The van der Waals surface area contributed by atoms with Gasteiger partial charge in [-0.05, 0) is 56.9 Å². The maximum absolute atomic E-state index is 12.8. The molecular formula is C23H31N5O7S2. The lowest BCUT2D eigenvalue weighted by atomic mass is 10.1. The molecule has 2 aromatic carbocycles. The van der Waals surface area contributed by atoms with E-state index >= 15 is 0 Å². The number of benzene rings is 2. The zero-order valence-electron chi connectivity index (χ0n) is 20.7. The zero-order valence-corrected chi connectivity index (χ0v) is 22.3. The summed E-state index contributed by atoms with van der Waals surface area (Å²) in [6, 6.07) is 6.81. The van der Waals surface area contributed by atoms with Crippen LogP contribution in [0.1, 0.15) is 29.5 Å². The van der Waals surface area contributed by atoms with Crippen molar-refractivity contribution in [2.24, 2.45) is 10.7 Å². The number of non-ortho nitro benzene ring substituents is 1. The van der Waals surface area contributed by atoms with E-state index in [9.17, 15) is 32.1 Å². The van der Waals surface area contributed by atoms with Crippen molar-refractivity contribution in [3.05, 3.63) is 75.9 Å². The summed E-state index contributed by atoms with van der Waals surface area (Å²) in [7, 11) is -8.07. The standard InChI is InChI=1S/C23H31N5O7S2/c1-5-21(29)20(26-36(32,33)19-10-8-18(9-11-19)28(30)31)7-6-12-25-23(24)27-37(34,35)22-16(3)13-15(2)14-17(22)4/h5,8-11,13-14,20-21,26,29H,1,6-7,12H2,2-4H3,(H3,24,25,27)/t20-,21-/m0/s1. The fourth-order valence-electron chi connectivity index (χ4n) is 3.80. The number of hydrogen-bond acceptors (Lipinski definition) is 8. The number of aliphatic hydroxyl groups is 1. The van der Waals surface area contributed by atoms with Crippen LogP contribution < -0.4 is 15.2 Å². The molecule has 2 aromatic rings. The molecule has 14 heteroatoms. The highest BCUT2D eigenvalue weighted by Crippen LogP contribution is 2.21. The van der Waals surface area contributed by atoms with Crippen molar-refractivity contribution in [1.29, 1.82) is 0 Å². The van der Waals surface area contributed by atoms with E-state index in [4.69, 9.17) is 5.73 Å². The number of aliphatic imine (C=N–C) groups is 1. The number of rotatable bonds is 12. The van der Waals surface area contributed by atoms with Gasteiger partial charge in [0.25, 0.3) is 15.7 Å². The smallest absolute Gasteiger partial charge is 0.269 e. The number of nitrogens with zero attached hydrogens (tertiary/aromatic N) is 2. The van der Waals surface area contributed by atoms with Crippen LogP contribution >= 0.6 is 0 Å². The number of nitro benzene ring substituents is 1. The first kappa shape index (κ1) is 29.9. The quantitative estimate of drug-likeness (QED) is 0.0762. The minimum Gasteiger partial charge on any atom is -0.387 e. The lowest BCUT2D eigenvalue weighted by molar-refractivity contribution is -0.384. The van der Waals surface area contributed by atoms with Gasteiger partial charge in [0.05, 0.1) is 26.9 Å². The molecule has 2 atom stereocenters. The third-order valence-electron chi connectivity index (χ3n) is 5.39. The Morgan fingerprint density at radius 3 is 2.22 bits per heavy atom. The van der Waals surface area contributed by atoms with Gasteiger partial charge in [0.2, 0.25) is 16.0 Å². The molecule has 0 spiro atoms. The summed E-state index contributed by atoms with van der Waals surface area (Å²) in [6.45, 7) is 8.75. The van der Waals surface area contributed by atoms with Crippen molar-refractivity contribution >= 4 is 31.7 Å². The van der Waals surface area contributed by atoms with Crippen LogP contribution in [0.15, 0.2) is 63.8 Å². The van der Waals surface area contributed by atoms with Gasteiger partial charge in [-0.3, -0.25) is 15.1 Å². The monoisotopic (exact) mass is 553 g/mol. The SMILES string of the molecule is C=C[C@H](O)[C@H](CCCN=C(N)NS(=O)(=O)c1c(C)cc(C)cc1C)NS(=O)(=O)c1ccc([N+](=O)[O-])cc1. The van der Waals surface area contributed by atoms with Crippen LogP contribution in [-0.4, -0.2) is 51.5 Å². The lowest BCUT2D eigenvalue weighted by Crippen LogP contribution is -2.42. The molecule has 0 unspecified atom stereocenters. The van der Waals surface area contributed by atoms with E-state index in [-0.39, 0.29) is 40.8 Å². The van der Waals surface area contributed by atoms with E-state index in [1.807, 2.05) is 6.92 Å². The highest BCUT2D eigenvalue weighted by molar-refractivity contribution is 7.90. The number of nitrogens with two attached hydrogens (primary N) is 1. The Hall–Kier alpha value is -3.33. The van der Waals surface area contributed by atoms with Crippen molar-refractivity contribution in [2.75, 3.05) is 6.54 Å². The molecule has 0 bridgehead atoms. The van der Waals surface area contributed by atoms with Gasteiger partial charge in [0.15, 0.2) is 0 Å². The van der Waals surface area contributed by atoms with Crippen molar-refractivity contribution in [1.82, 2.24) is 9.44 Å². The molecule has 0 aliphatic rings. The highest BCUT2D eigenvalue weighted by Gasteiger charge is 2.25. The van der Waals surface area contributed by atoms with Crippen LogP contribution in [-0.2, 0) is 20.0 Å².